The van der Waals surface area contributed by atoms with E-state index in [-0.39, 0.29) is 13.2 Å². The van der Waals surface area contributed by atoms with E-state index in [1.165, 1.54) is 13.3 Å². The van der Waals surface area contributed by atoms with Crippen LogP contribution in [-0.2, 0) is 0 Å². The first-order valence-electron chi connectivity index (χ1n) is 6.80. The summed E-state index contributed by atoms with van der Waals surface area (Å²) in [7, 11) is 1.53. The first kappa shape index (κ1) is 18.5. The Hall–Kier alpha value is -1.82. The molecular weight excluding hydrogens is 377 g/mol. The molecule has 0 heterocycles. The van der Waals surface area contributed by atoms with Crippen LogP contribution >= 0.6 is 34.8 Å². The molecule has 2 aromatic carbocycles. The molecule has 0 unspecified atom stereocenters. The Morgan fingerprint density at radius 1 is 1.00 bits per heavy atom. The highest BCUT2D eigenvalue weighted by atomic mass is 35.5. The van der Waals surface area contributed by atoms with Crippen LogP contribution in [0.3, 0.4) is 0 Å². The minimum absolute atomic E-state index is 0.211. The molecule has 1 N–H and O–H groups in total. The number of hydrogen-bond donors (Lipinski definition) is 1. The van der Waals surface area contributed by atoms with E-state index in [0.29, 0.717) is 37.9 Å². The zero-order valence-electron chi connectivity index (χ0n) is 12.6. The van der Waals surface area contributed by atoms with Crippen molar-refractivity contribution < 1.29 is 19.4 Å². The molecule has 0 aliphatic carbocycles. The molecule has 8 heteroatoms. The van der Waals surface area contributed by atoms with Crippen molar-refractivity contribution in [2.24, 2.45) is 5.16 Å². The zero-order valence-corrected chi connectivity index (χ0v) is 14.9. The van der Waals surface area contributed by atoms with Gasteiger partial charge in [0.25, 0.3) is 0 Å². The average molecular weight is 391 g/mol. The van der Waals surface area contributed by atoms with E-state index >= 15 is 0 Å². The van der Waals surface area contributed by atoms with Crippen molar-refractivity contribution in [1.82, 2.24) is 0 Å². The highest BCUT2D eigenvalue weighted by Crippen LogP contribution is 2.35. The second-order valence-corrected chi connectivity index (χ2v) is 5.80. The van der Waals surface area contributed by atoms with Crippen LogP contribution in [0.25, 0.3) is 0 Å². The third kappa shape index (κ3) is 4.84. The van der Waals surface area contributed by atoms with E-state index in [9.17, 15) is 0 Å². The van der Waals surface area contributed by atoms with E-state index < -0.39 is 0 Å². The van der Waals surface area contributed by atoms with Crippen LogP contribution in [0.5, 0.6) is 17.2 Å². The number of halogens is 3. The van der Waals surface area contributed by atoms with Crippen molar-refractivity contribution in [1.29, 1.82) is 0 Å². The number of benzene rings is 2. The van der Waals surface area contributed by atoms with Gasteiger partial charge < -0.3 is 19.4 Å². The van der Waals surface area contributed by atoms with Crippen molar-refractivity contribution in [2.75, 3.05) is 20.3 Å². The van der Waals surface area contributed by atoms with Crippen LogP contribution in [0.15, 0.2) is 35.5 Å². The Morgan fingerprint density at radius 2 is 1.67 bits per heavy atom. The molecule has 0 bridgehead atoms. The number of ether oxygens (including phenoxy) is 3. The van der Waals surface area contributed by atoms with Gasteiger partial charge in [-0.3, -0.25) is 0 Å². The standard InChI is InChI=1S/C16H14Cl3NO4/c1-22-14-3-2-10(9-20-21)6-15(14)23-4-5-24-16-12(18)7-11(17)8-13(16)19/h2-3,6-9,21H,4-5H2,1H3. The normalized spacial score (nSPS) is 10.8. The van der Waals surface area contributed by atoms with Gasteiger partial charge in [-0.1, -0.05) is 40.0 Å². The summed E-state index contributed by atoms with van der Waals surface area (Å²) in [6.07, 6.45) is 1.29. The summed E-state index contributed by atoms with van der Waals surface area (Å²) in [5, 5.41) is 12.7. The van der Waals surface area contributed by atoms with Crippen LogP contribution < -0.4 is 14.2 Å². The lowest BCUT2D eigenvalue weighted by atomic mass is 10.2. The average Bonchev–Trinajstić information content (AvgIpc) is 2.53. The summed E-state index contributed by atoms with van der Waals surface area (Å²) in [4.78, 5) is 0. The van der Waals surface area contributed by atoms with Crippen LogP contribution in [0.1, 0.15) is 5.56 Å². The molecule has 0 atom stereocenters. The molecule has 0 saturated carbocycles. The van der Waals surface area contributed by atoms with Gasteiger partial charge >= 0.3 is 0 Å². The predicted octanol–water partition coefficient (Wildman–Crippen LogP) is 4.92. The molecular formula is C16H14Cl3NO4. The van der Waals surface area contributed by atoms with Gasteiger partial charge in [0.1, 0.15) is 13.2 Å². The van der Waals surface area contributed by atoms with E-state index in [0.717, 1.165) is 0 Å². The van der Waals surface area contributed by atoms with E-state index in [1.54, 1.807) is 30.3 Å². The third-order valence-corrected chi connectivity index (χ3v) is 3.72. The molecule has 5 nitrogen and oxygen atoms in total. The lowest BCUT2D eigenvalue weighted by Gasteiger charge is -2.13. The first-order valence-corrected chi connectivity index (χ1v) is 7.94. The van der Waals surface area contributed by atoms with Crippen molar-refractivity contribution in [3.05, 3.63) is 51.0 Å². The number of methoxy groups -OCH3 is 1. The fourth-order valence-electron chi connectivity index (χ4n) is 1.92. The Morgan fingerprint density at radius 3 is 2.29 bits per heavy atom. The van der Waals surface area contributed by atoms with Crippen molar-refractivity contribution in [3.8, 4) is 17.2 Å². The topological polar surface area (TPSA) is 60.3 Å². The van der Waals surface area contributed by atoms with Gasteiger partial charge in [-0.2, -0.15) is 0 Å². The fourth-order valence-corrected chi connectivity index (χ4v) is 2.84. The zero-order chi connectivity index (χ0) is 17.5. The summed E-state index contributed by atoms with van der Waals surface area (Å²) < 4.78 is 16.4. The van der Waals surface area contributed by atoms with E-state index in [2.05, 4.69) is 5.16 Å². The summed E-state index contributed by atoms with van der Waals surface area (Å²) >= 11 is 17.9. The van der Waals surface area contributed by atoms with Crippen molar-refractivity contribution in [2.45, 2.75) is 0 Å². The molecule has 0 fully saturated rings. The van der Waals surface area contributed by atoms with Gasteiger partial charge in [-0.05, 0) is 30.3 Å². The lowest BCUT2D eigenvalue weighted by Crippen LogP contribution is -2.10. The molecule has 0 aromatic heterocycles. The Labute approximate surface area is 154 Å². The van der Waals surface area contributed by atoms with Gasteiger partial charge in [-0.25, -0.2) is 0 Å². The maximum atomic E-state index is 8.59. The van der Waals surface area contributed by atoms with Gasteiger partial charge in [-0.15, -0.1) is 0 Å². The molecule has 2 rings (SSSR count). The second kappa shape index (κ2) is 8.87. The quantitative estimate of drug-likeness (QED) is 0.315. The monoisotopic (exact) mass is 389 g/mol. The molecule has 0 radical (unpaired) electrons. The smallest absolute Gasteiger partial charge is 0.161 e. The first-order chi connectivity index (χ1) is 11.5. The molecule has 0 aliphatic heterocycles. The van der Waals surface area contributed by atoms with Crippen LogP contribution in [0.2, 0.25) is 15.1 Å². The Bertz CT molecular complexity index is 714. The second-order valence-electron chi connectivity index (χ2n) is 4.55. The minimum atomic E-state index is 0.211. The van der Waals surface area contributed by atoms with Crippen LogP contribution in [0, 0.1) is 0 Å². The maximum absolute atomic E-state index is 8.59. The number of rotatable bonds is 7. The van der Waals surface area contributed by atoms with E-state index in [4.69, 9.17) is 54.2 Å². The highest BCUT2D eigenvalue weighted by Gasteiger charge is 2.10. The molecule has 128 valence electrons. The molecule has 0 amide bonds. The Balaban J connectivity index is 1.98. The minimum Gasteiger partial charge on any atom is -0.493 e. The van der Waals surface area contributed by atoms with Crippen LogP contribution in [0.4, 0.5) is 0 Å². The van der Waals surface area contributed by atoms with Gasteiger partial charge in [0, 0.05) is 10.6 Å². The largest absolute Gasteiger partial charge is 0.493 e. The van der Waals surface area contributed by atoms with Gasteiger partial charge in [0.2, 0.25) is 0 Å². The van der Waals surface area contributed by atoms with Gasteiger partial charge in [0.15, 0.2) is 17.2 Å². The number of oxime groups is 1. The summed E-state index contributed by atoms with van der Waals surface area (Å²) in [5.74, 6) is 1.39. The molecule has 0 aliphatic rings. The van der Waals surface area contributed by atoms with E-state index in [1.807, 2.05) is 0 Å². The number of hydrogen-bond acceptors (Lipinski definition) is 5. The van der Waals surface area contributed by atoms with Crippen LogP contribution in [-0.4, -0.2) is 31.7 Å². The van der Waals surface area contributed by atoms with Crippen molar-refractivity contribution in [3.63, 3.8) is 0 Å². The number of nitrogens with zero attached hydrogens (tertiary/aromatic N) is 1. The van der Waals surface area contributed by atoms with Gasteiger partial charge in [0.05, 0.1) is 23.4 Å². The fraction of sp³-hybridized carbons (Fsp3) is 0.188. The summed E-state index contributed by atoms with van der Waals surface area (Å²) in [5.41, 5.74) is 0.665. The SMILES string of the molecule is COc1ccc(C=NO)cc1OCCOc1c(Cl)cc(Cl)cc1Cl. The lowest BCUT2D eigenvalue weighted by molar-refractivity contribution is 0.211. The molecule has 24 heavy (non-hydrogen) atoms. The highest BCUT2D eigenvalue weighted by molar-refractivity contribution is 6.40. The summed E-state index contributed by atoms with van der Waals surface area (Å²) in [6.45, 7) is 0.438. The molecule has 0 saturated heterocycles. The van der Waals surface area contributed by atoms with Crippen molar-refractivity contribution >= 4 is 41.0 Å². The third-order valence-electron chi connectivity index (χ3n) is 2.94. The Kier molecular flexibility index (Phi) is 6.85. The summed E-state index contributed by atoms with van der Waals surface area (Å²) in [6, 6.07) is 8.22. The molecule has 0 spiro atoms. The maximum Gasteiger partial charge on any atom is 0.161 e. The predicted molar refractivity (Wildman–Crippen MR) is 94.8 cm³/mol. The molecule has 2 aromatic rings.